The lowest BCUT2D eigenvalue weighted by Gasteiger charge is -2.19. The van der Waals surface area contributed by atoms with Crippen LogP contribution in [0.1, 0.15) is 12.8 Å². The molecule has 1 rings (SSSR count). The van der Waals surface area contributed by atoms with Crippen molar-refractivity contribution < 1.29 is 19.4 Å². The van der Waals surface area contributed by atoms with E-state index in [1.54, 1.807) is 0 Å². The average molecular weight is 216 g/mol. The van der Waals surface area contributed by atoms with Gasteiger partial charge in [0.15, 0.2) is 0 Å². The van der Waals surface area contributed by atoms with Crippen LogP contribution in [-0.4, -0.2) is 42.8 Å². The average Bonchev–Trinajstić information content (AvgIpc) is 3.01. The van der Waals surface area contributed by atoms with Crippen LogP contribution in [0.15, 0.2) is 0 Å². The summed E-state index contributed by atoms with van der Waals surface area (Å²) in [6.45, 7) is 0.0309. The van der Waals surface area contributed by atoms with Gasteiger partial charge >= 0.3 is 11.9 Å². The third kappa shape index (κ3) is 3.17. The topological polar surface area (TPSA) is 102 Å². The first-order chi connectivity index (χ1) is 7.10. The molecule has 0 aromatic rings. The van der Waals surface area contributed by atoms with Crippen LogP contribution in [0.25, 0.3) is 0 Å². The Bertz CT molecular complexity index is 252. The Hall–Kier alpha value is -1.14. The molecule has 1 unspecified atom stereocenters. The maximum Gasteiger partial charge on any atom is 0.324 e. The minimum atomic E-state index is -0.945. The van der Waals surface area contributed by atoms with Crippen LogP contribution in [0.3, 0.4) is 0 Å². The summed E-state index contributed by atoms with van der Waals surface area (Å²) in [6.07, 6.45) is 1.75. The van der Waals surface area contributed by atoms with E-state index in [9.17, 15) is 9.59 Å². The summed E-state index contributed by atoms with van der Waals surface area (Å²) in [7, 11) is 1.25. The van der Waals surface area contributed by atoms with E-state index in [0.717, 1.165) is 12.8 Å². The van der Waals surface area contributed by atoms with Gasteiger partial charge in [-0.25, -0.2) is 0 Å². The molecule has 0 aromatic carbocycles. The summed E-state index contributed by atoms with van der Waals surface area (Å²) in [5, 5.41) is 11.6. The number of ether oxygens (including phenoxy) is 1. The van der Waals surface area contributed by atoms with Crippen molar-refractivity contribution in [3.63, 3.8) is 0 Å². The molecular weight excluding hydrogens is 200 g/mol. The van der Waals surface area contributed by atoms with E-state index in [4.69, 9.17) is 10.8 Å². The molecule has 0 aliphatic heterocycles. The van der Waals surface area contributed by atoms with Crippen molar-refractivity contribution in [3.8, 4) is 0 Å². The number of hydrogen-bond donors (Lipinski definition) is 3. The molecule has 0 saturated heterocycles. The number of carbonyl (C=O) groups is 2. The fourth-order valence-corrected chi connectivity index (χ4v) is 1.43. The van der Waals surface area contributed by atoms with Crippen molar-refractivity contribution in [1.29, 1.82) is 0 Å². The Morgan fingerprint density at radius 2 is 2.20 bits per heavy atom. The van der Waals surface area contributed by atoms with E-state index in [1.165, 1.54) is 7.11 Å². The molecule has 1 aliphatic rings. The van der Waals surface area contributed by atoms with E-state index >= 15 is 0 Å². The quantitative estimate of drug-likeness (QED) is 0.489. The number of nitrogens with two attached hydrogens (primary N) is 1. The number of hydrogen-bond acceptors (Lipinski definition) is 5. The molecule has 0 heterocycles. The van der Waals surface area contributed by atoms with Crippen molar-refractivity contribution in [2.45, 2.75) is 24.9 Å². The van der Waals surface area contributed by atoms with Gasteiger partial charge in [-0.05, 0) is 18.8 Å². The van der Waals surface area contributed by atoms with Crippen LogP contribution in [-0.2, 0) is 14.3 Å². The number of carboxylic acid groups (broad SMARTS) is 1. The van der Waals surface area contributed by atoms with Gasteiger partial charge in [-0.2, -0.15) is 0 Å². The van der Waals surface area contributed by atoms with Crippen LogP contribution < -0.4 is 11.1 Å². The van der Waals surface area contributed by atoms with Crippen LogP contribution in [0.4, 0.5) is 0 Å². The second-order valence-electron chi connectivity index (χ2n) is 3.63. The van der Waals surface area contributed by atoms with Gasteiger partial charge in [0.05, 0.1) is 7.11 Å². The van der Waals surface area contributed by atoms with E-state index in [-0.39, 0.29) is 12.5 Å². The third-order valence-electron chi connectivity index (χ3n) is 2.46. The summed E-state index contributed by atoms with van der Waals surface area (Å²) < 4.78 is 4.51. The highest BCUT2D eigenvalue weighted by Gasteiger charge is 2.38. The molecule has 4 N–H and O–H groups in total. The molecule has 0 spiro atoms. The van der Waals surface area contributed by atoms with Gasteiger partial charge in [0.2, 0.25) is 0 Å². The number of aliphatic carboxylic acids is 1. The zero-order valence-corrected chi connectivity index (χ0v) is 8.60. The maximum absolute atomic E-state index is 11.2. The second-order valence-corrected chi connectivity index (χ2v) is 3.63. The normalized spacial score (nSPS) is 19.3. The van der Waals surface area contributed by atoms with Crippen molar-refractivity contribution in [1.82, 2.24) is 5.32 Å². The van der Waals surface area contributed by atoms with E-state index < -0.39 is 24.0 Å². The van der Waals surface area contributed by atoms with Gasteiger partial charge in [-0.3, -0.25) is 14.9 Å². The number of esters is 1. The van der Waals surface area contributed by atoms with Gasteiger partial charge in [0, 0.05) is 6.54 Å². The monoisotopic (exact) mass is 216 g/mol. The molecule has 0 amide bonds. The molecule has 1 saturated carbocycles. The zero-order valence-electron chi connectivity index (χ0n) is 8.60. The van der Waals surface area contributed by atoms with Crippen molar-refractivity contribution in [3.05, 3.63) is 0 Å². The number of nitrogens with one attached hydrogen (secondary N) is 1. The standard InChI is InChI=1S/C9H16N2O4/c1-15-9(14)6(4-10)11-7(8(12)13)5-2-3-5/h5-7,11H,2-4,10H2,1H3,(H,12,13)/t6-,7?/m0/s1. The van der Waals surface area contributed by atoms with Gasteiger partial charge in [0.1, 0.15) is 12.1 Å². The number of methoxy groups -OCH3 is 1. The van der Waals surface area contributed by atoms with E-state index in [1.807, 2.05) is 0 Å². The fraction of sp³-hybridized carbons (Fsp3) is 0.778. The summed E-state index contributed by atoms with van der Waals surface area (Å²) >= 11 is 0. The lowest BCUT2D eigenvalue weighted by Crippen LogP contribution is -2.52. The van der Waals surface area contributed by atoms with Crippen LogP contribution in [0, 0.1) is 5.92 Å². The maximum atomic E-state index is 11.2. The molecule has 0 radical (unpaired) electrons. The lowest BCUT2D eigenvalue weighted by molar-refractivity contribution is -0.145. The Kier molecular flexibility index (Phi) is 4.05. The molecule has 1 fully saturated rings. The Balaban J connectivity index is 2.54. The Morgan fingerprint density at radius 1 is 1.60 bits per heavy atom. The molecule has 0 aromatic heterocycles. The Morgan fingerprint density at radius 3 is 2.53 bits per heavy atom. The smallest absolute Gasteiger partial charge is 0.324 e. The molecule has 2 atom stereocenters. The van der Waals surface area contributed by atoms with Gasteiger partial charge in [0.25, 0.3) is 0 Å². The first-order valence-electron chi connectivity index (χ1n) is 4.87. The van der Waals surface area contributed by atoms with Crippen LogP contribution in [0.5, 0.6) is 0 Å². The Labute approximate surface area is 87.8 Å². The molecule has 6 nitrogen and oxygen atoms in total. The first kappa shape index (κ1) is 11.9. The van der Waals surface area contributed by atoms with E-state index in [2.05, 4.69) is 10.1 Å². The zero-order chi connectivity index (χ0) is 11.4. The molecule has 15 heavy (non-hydrogen) atoms. The van der Waals surface area contributed by atoms with Crippen LogP contribution >= 0.6 is 0 Å². The van der Waals surface area contributed by atoms with Crippen molar-refractivity contribution in [2.75, 3.05) is 13.7 Å². The second kappa shape index (κ2) is 5.09. The number of carbonyl (C=O) groups excluding carboxylic acids is 1. The molecule has 86 valence electrons. The predicted molar refractivity (Wildman–Crippen MR) is 52.1 cm³/mol. The fourth-order valence-electron chi connectivity index (χ4n) is 1.43. The summed E-state index contributed by atoms with van der Waals surface area (Å²) in [5.41, 5.74) is 5.36. The summed E-state index contributed by atoms with van der Waals surface area (Å²) in [5.74, 6) is -1.36. The minimum Gasteiger partial charge on any atom is -0.480 e. The molecule has 1 aliphatic carbocycles. The minimum absolute atomic E-state index is 0.0309. The summed E-state index contributed by atoms with van der Waals surface area (Å²) in [6, 6.07) is -1.44. The number of rotatable bonds is 6. The predicted octanol–water partition coefficient (Wildman–Crippen LogP) is -1.06. The molecule has 0 bridgehead atoms. The largest absolute Gasteiger partial charge is 0.480 e. The van der Waals surface area contributed by atoms with Gasteiger partial charge < -0.3 is 15.6 Å². The first-order valence-corrected chi connectivity index (χ1v) is 4.87. The highest BCUT2D eigenvalue weighted by Crippen LogP contribution is 2.32. The molecular formula is C9H16N2O4. The van der Waals surface area contributed by atoms with Crippen molar-refractivity contribution in [2.24, 2.45) is 11.7 Å². The molecule has 6 heteroatoms. The van der Waals surface area contributed by atoms with Crippen molar-refractivity contribution >= 4 is 11.9 Å². The third-order valence-corrected chi connectivity index (χ3v) is 2.46. The SMILES string of the molecule is COC(=O)[C@H](CN)NC(C(=O)O)C1CC1. The van der Waals surface area contributed by atoms with Gasteiger partial charge in [-0.1, -0.05) is 0 Å². The lowest BCUT2D eigenvalue weighted by atomic mass is 10.1. The number of carboxylic acids is 1. The highest BCUT2D eigenvalue weighted by molar-refractivity contribution is 5.79. The van der Waals surface area contributed by atoms with E-state index in [0.29, 0.717) is 0 Å². The van der Waals surface area contributed by atoms with Crippen LogP contribution in [0.2, 0.25) is 0 Å². The highest BCUT2D eigenvalue weighted by atomic mass is 16.5. The van der Waals surface area contributed by atoms with Gasteiger partial charge in [-0.15, -0.1) is 0 Å². The summed E-state index contributed by atoms with van der Waals surface area (Å²) in [4.78, 5) is 22.1.